The second kappa shape index (κ2) is 9.45. The predicted molar refractivity (Wildman–Crippen MR) is 136 cm³/mol. The van der Waals surface area contributed by atoms with Gasteiger partial charge in [0.2, 0.25) is 0 Å². The van der Waals surface area contributed by atoms with Crippen molar-refractivity contribution >= 4 is 61.5 Å². The average Bonchev–Trinajstić information content (AvgIpc) is 2.73. The zero-order valence-corrected chi connectivity index (χ0v) is 21.2. The van der Waals surface area contributed by atoms with Gasteiger partial charge in [-0.3, -0.25) is 14.9 Å². The first-order valence-electron chi connectivity index (χ1n) is 10.2. The molecule has 4 amide bonds. The highest BCUT2D eigenvalue weighted by molar-refractivity contribution is 9.10. The number of nitrogens with one attached hydrogen (secondary N) is 1. The van der Waals surface area contributed by atoms with Crippen LogP contribution < -0.4 is 10.2 Å². The summed E-state index contributed by atoms with van der Waals surface area (Å²) in [5.74, 6) is -1.38. The molecule has 0 aromatic heterocycles. The van der Waals surface area contributed by atoms with E-state index in [2.05, 4.69) is 69.2 Å². The van der Waals surface area contributed by atoms with Crippen molar-refractivity contribution in [3.05, 3.63) is 103 Å². The van der Waals surface area contributed by atoms with Crippen molar-refractivity contribution < 1.29 is 14.4 Å². The molecule has 7 heteroatoms. The SMILES string of the molecule is Cc1cc(C)cc(Cc2ccc(Br)cc2/C=C2\C(=O)NC(=O)N(c3ccc(Br)cc3)C2=O)c1. The summed E-state index contributed by atoms with van der Waals surface area (Å²) in [5, 5.41) is 2.28. The second-order valence-electron chi connectivity index (χ2n) is 7.95. The quantitative estimate of drug-likeness (QED) is 0.306. The van der Waals surface area contributed by atoms with Crippen molar-refractivity contribution in [2.45, 2.75) is 20.3 Å². The van der Waals surface area contributed by atoms with Crippen LogP contribution in [0.3, 0.4) is 0 Å². The standard InChI is InChI=1S/C26H20Br2N2O3/c1-15-9-16(2)11-17(10-15)12-18-3-4-21(28)13-19(18)14-23-24(31)29-26(33)30(25(23)32)22-7-5-20(27)6-8-22/h3-11,13-14H,12H2,1-2H3,(H,29,31,33)/b23-14+. The third kappa shape index (κ3) is 5.15. The number of amides is 4. The van der Waals surface area contributed by atoms with Crippen molar-refractivity contribution in [2.24, 2.45) is 0 Å². The monoisotopic (exact) mass is 566 g/mol. The summed E-state index contributed by atoms with van der Waals surface area (Å²) in [4.78, 5) is 39.3. The van der Waals surface area contributed by atoms with E-state index in [1.54, 1.807) is 30.3 Å². The molecule has 0 atom stereocenters. The molecule has 3 aromatic carbocycles. The minimum absolute atomic E-state index is 0.0997. The van der Waals surface area contributed by atoms with Crippen LogP contribution >= 0.6 is 31.9 Å². The smallest absolute Gasteiger partial charge is 0.273 e. The molecule has 1 fully saturated rings. The van der Waals surface area contributed by atoms with Crippen LogP contribution in [0.15, 0.2) is 75.2 Å². The zero-order valence-electron chi connectivity index (χ0n) is 18.0. The number of hydrogen-bond donors (Lipinski definition) is 1. The first-order chi connectivity index (χ1) is 15.7. The molecule has 166 valence electrons. The Morgan fingerprint density at radius 2 is 1.48 bits per heavy atom. The van der Waals surface area contributed by atoms with Gasteiger partial charge < -0.3 is 0 Å². The van der Waals surface area contributed by atoms with Gasteiger partial charge in [0, 0.05) is 8.95 Å². The maximum Gasteiger partial charge on any atom is 0.335 e. The lowest BCUT2D eigenvalue weighted by Gasteiger charge is -2.26. The van der Waals surface area contributed by atoms with E-state index in [0.29, 0.717) is 12.1 Å². The molecule has 1 aliphatic rings. The molecule has 1 aliphatic heterocycles. The van der Waals surface area contributed by atoms with Gasteiger partial charge in [0.05, 0.1) is 5.69 Å². The van der Waals surface area contributed by atoms with E-state index in [9.17, 15) is 14.4 Å². The van der Waals surface area contributed by atoms with E-state index < -0.39 is 17.8 Å². The van der Waals surface area contributed by atoms with Gasteiger partial charge in [0.25, 0.3) is 11.8 Å². The molecule has 33 heavy (non-hydrogen) atoms. The maximum atomic E-state index is 13.2. The fourth-order valence-corrected chi connectivity index (χ4v) is 4.53. The topological polar surface area (TPSA) is 66.5 Å². The number of nitrogens with zero attached hydrogens (tertiary/aromatic N) is 1. The number of anilines is 1. The van der Waals surface area contributed by atoms with Crippen molar-refractivity contribution in [1.82, 2.24) is 5.32 Å². The molecule has 3 aromatic rings. The fraction of sp³-hybridized carbons (Fsp3) is 0.115. The number of halogens is 2. The van der Waals surface area contributed by atoms with E-state index in [0.717, 1.165) is 30.5 Å². The van der Waals surface area contributed by atoms with Crippen molar-refractivity contribution in [2.75, 3.05) is 4.90 Å². The van der Waals surface area contributed by atoms with Gasteiger partial charge in [-0.25, -0.2) is 9.69 Å². The Balaban J connectivity index is 1.74. The van der Waals surface area contributed by atoms with Crippen LogP contribution in [-0.2, 0) is 16.0 Å². The molecule has 4 rings (SSSR count). The first-order valence-corrected chi connectivity index (χ1v) is 11.8. The van der Waals surface area contributed by atoms with E-state index in [4.69, 9.17) is 0 Å². The number of barbiturate groups is 1. The summed E-state index contributed by atoms with van der Waals surface area (Å²) in [6, 6.07) is 18.1. The Hall–Kier alpha value is -3.03. The van der Waals surface area contributed by atoms with Crippen LogP contribution in [0.25, 0.3) is 6.08 Å². The second-order valence-corrected chi connectivity index (χ2v) is 9.78. The van der Waals surface area contributed by atoms with Gasteiger partial charge in [-0.15, -0.1) is 0 Å². The van der Waals surface area contributed by atoms with Crippen molar-refractivity contribution in [3.8, 4) is 0 Å². The highest BCUT2D eigenvalue weighted by Gasteiger charge is 2.36. The van der Waals surface area contributed by atoms with E-state index in [1.165, 1.54) is 11.1 Å². The number of carbonyl (C=O) groups is 3. The number of rotatable bonds is 4. The molecular formula is C26H20Br2N2O3. The molecular weight excluding hydrogens is 548 g/mol. The predicted octanol–water partition coefficient (Wildman–Crippen LogP) is 6.09. The van der Waals surface area contributed by atoms with Gasteiger partial charge >= 0.3 is 6.03 Å². The summed E-state index contributed by atoms with van der Waals surface area (Å²) in [6.07, 6.45) is 2.19. The lowest BCUT2D eigenvalue weighted by atomic mass is 9.95. The largest absolute Gasteiger partial charge is 0.335 e. The lowest BCUT2D eigenvalue weighted by Crippen LogP contribution is -2.54. The molecule has 0 bridgehead atoms. The Morgan fingerprint density at radius 3 is 2.15 bits per heavy atom. The van der Waals surface area contributed by atoms with E-state index in [-0.39, 0.29) is 5.57 Å². The minimum Gasteiger partial charge on any atom is -0.273 e. The minimum atomic E-state index is -0.769. The lowest BCUT2D eigenvalue weighted by molar-refractivity contribution is -0.122. The van der Waals surface area contributed by atoms with Crippen LogP contribution in [0.1, 0.15) is 27.8 Å². The normalized spacial score (nSPS) is 15.2. The zero-order chi connectivity index (χ0) is 23.7. The number of imide groups is 2. The molecule has 1 N–H and O–H groups in total. The van der Waals surface area contributed by atoms with Gasteiger partial charge in [0.15, 0.2) is 0 Å². The van der Waals surface area contributed by atoms with Gasteiger partial charge in [0.1, 0.15) is 5.57 Å². The summed E-state index contributed by atoms with van der Waals surface area (Å²) in [7, 11) is 0. The molecule has 1 saturated heterocycles. The third-order valence-electron chi connectivity index (χ3n) is 5.27. The van der Waals surface area contributed by atoms with Gasteiger partial charge in [-0.2, -0.15) is 0 Å². The molecule has 0 unspecified atom stereocenters. The van der Waals surface area contributed by atoms with Gasteiger partial charge in [-0.1, -0.05) is 67.3 Å². The number of aryl methyl sites for hydroxylation is 2. The number of benzene rings is 3. The van der Waals surface area contributed by atoms with Crippen LogP contribution in [0.5, 0.6) is 0 Å². The summed E-state index contributed by atoms with van der Waals surface area (Å²) >= 11 is 6.82. The summed E-state index contributed by atoms with van der Waals surface area (Å²) < 4.78 is 1.64. The number of carbonyl (C=O) groups excluding carboxylic acids is 3. The fourth-order valence-electron chi connectivity index (χ4n) is 3.89. The highest BCUT2D eigenvalue weighted by Crippen LogP contribution is 2.27. The van der Waals surface area contributed by atoms with Crippen LogP contribution in [0, 0.1) is 13.8 Å². The average molecular weight is 568 g/mol. The Labute approximate surface area is 208 Å². The number of urea groups is 1. The van der Waals surface area contributed by atoms with Crippen LogP contribution in [0.2, 0.25) is 0 Å². The van der Waals surface area contributed by atoms with E-state index in [1.807, 2.05) is 18.2 Å². The number of hydrogen-bond acceptors (Lipinski definition) is 3. The first kappa shape index (κ1) is 23.1. The summed E-state index contributed by atoms with van der Waals surface area (Å²) in [6.45, 7) is 4.11. The highest BCUT2D eigenvalue weighted by atomic mass is 79.9. The maximum absolute atomic E-state index is 13.2. The van der Waals surface area contributed by atoms with Crippen LogP contribution in [0.4, 0.5) is 10.5 Å². The van der Waals surface area contributed by atoms with Crippen molar-refractivity contribution in [3.63, 3.8) is 0 Å². The summed E-state index contributed by atoms with van der Waals surface area (Å²) in [5.41, 5.74) is 5.46. The van der Waals surface area contributed by atoms with Gasteiger partial charge in [-0.05, 0) is 79.4 Å². The molecule has 0 radical (unpaired) electrons. The van der Waals surface area contributed by atoms with E-state index >= 15 is 0 Å². The third-order valence-corrected chi connectivity index (χ3v) is 6.29. The molecule has 0 saturated carbocycles. The molecule has 0 aliphatic carbocycles. The Bertz CT molecular complexity index is 1290. The molecule has 5 nitrogen and oxygen atoms in total. The Morgan fingerprint density at radius 1 is 0.848 bits per heavy atom. The Kier molecular flexibility index (Phi) is 6.63. The molecule has 0 spiro atoms. The van der Waals surface area contributed by atoms with Crippen LogP contribution in [-0.4, -0.2) is 17.8 Å². The molecule has 1 heterocycles. The van der Waals surface area contributed by atoms with Crippen molar-refractivity contribution in [1.29, 1.82) is 0 Å².